The molecule has 0 unspecified atom stereocenters. The molecule has 0 saturated heterocycles. The Hall–Kier alpha value is -2.76. The van der Waals surface area contributed by atoms with Crippen molar-refractivity contribution in [2.75, 3.05) is 0 Å². The molecule has 0 saturated carbocycles. The second kappa shape index (κ2) is 6.80. The number of benzene rings is 1. The number of aromatic nitrogens is 1. The van der Waals surface area contributed by atoms with Crippen LogP contribution in [0.5, 0.6) is 0 Å². The van der Waals surface area contributed by atoms with Crippen LogP contribution in [-0.2, 0) is 9.59 Å². The molecule has 3 N–H and O–H groups in total. The minimum Gasteiger partial charge on any atom is -0.368 e. The Kier molecular flexibility index (Phi) is 4.83. The normalized spacial score (nSPS) is 11.9. The molecular weight excluding hydrogens is 282 g/mol. The van der Waals surface area contributed by atoms with E-state index >= 15 is 0 Å². The lowest BCUT2D eigenvalue weighted by Crippen LogP contribution is -2.44. The number of amides is 2. The quantitative estimate of drug-likeness (QED) is 0.836. The summed E-state index contributed by atoms with van der Waals surface area (Å²) in [6, 6.07) is 7.93. The average Bonchev–Trinajstić information content (AvgIpc) is 2.50. The third kappa shape index (κ3) is 3.66. The van der Waals surface area contributed by atoms with E-state index in [9.17, 15) is 14.4 Å². The second-order valence-corrected chi connectivity index (χ2v) is 5.04. The van der Waals surface area contributed by atoms with Gasteiger partial charge in [0.25, 0.3) is 5.91 Å². The van der Waals surface area contributed by atoms with Crippen LogP contribution in [-0.4, -0.2) is 28.6 Å². The SMILES string of the molecule is CC(=O)CC[C@H](NC(=O)c1ccnc2ccccc12)C(N)=O. The summed E-state index contributed by atoms with van der Waals surface area (Å²) in [7, 11) is 0. The van der Waals surface area contributed by atoms with E-state index in [1.807, 2.05) is 12.1 Å². The Morgan fingerprint density at radius 2 is 1.95 bits per heavy atom. The highest BCUT2D eigenvalue weighted by Crippen LogP contribution is 2.16. The highest BCUT2D eigenvalue weighted by atomic mass is 16.2. The van der Waals surface area contributed by atoms with Crippen LogP contribution >= 0.6 is 0 Å². The third-order valence-electron chi connectivity index (χ3n) is 3.33. The number of Topliss-reactive ketones (excluding diaryl/α,β-unsaturated/α-hetero) is 1. The Morgan fingerprint density at radius 1 is 1.23 bits per heavy atom. The molecule has 0 aliphatic rings. The number of nitrogens with two attached hydrogens (primary N) is 1. The molecule has 1 heterocycles. The number of nitrogens with zero attached hydrogens (tertiary/aromatic N) is 1. The fourth-order valence-corrected chi connectivity index (χ4v) is 2.16. The van der Waals surface area contributed by atoms with Crippen LogP contribution in [0.4, 0.5) is 0 Å². The van der Waals surface area contributed by atoms with Gasteiger partial charge in [0.15, 0.2) is 0 Å². The van der Waals surface area contributed by atoms with Gasteiger partial charge in [-0.15, -0.1) is 0 Å². The molecule has 1 atom stereocenters. The number of rotatable bonds is 6. The molecule has 2 aromatic rings. The van der Waals surface area contributed by atoms with Gasteiger partial charge in [0, 0.05) is 18.0 Å². The van der Waals surface area contributed by atoms with E-state index in [4.69, 9.17) is 5.73 Å². The summed E-state index contributed by atoms with van der Waals surface area (Å²) in [6.07, 6.45) is 1.91. The zero-order valence-electron chi connectivity index (χ0n) is 12.2. The number of fused-ring (bicyclic) bond motifs is 1. The molecular formula is C16H17N3O3. The first-order valence-corrected chi connectivity index (χ1v) is 6.92. The van der Waals surface area contributed by atoms with Crippen LogP contribution in [0.25, 0.3) is 10.9 Å². The third-order valence-corrected chi connectivity index (χ3v) is 3.33. The van der Waals surface area contributed by atoms with Crippen LogP contribution in [0.3, 0.4) is 0 Å². The summed E-state index contributed by atoms with van der Waals surface area (Å²) in [5.74, 6) is -1.13. The number of primary amides is 1. The van der Waals surface area contributed by atoms with Gasteiger partial charge >= 0.3 is 0 Å². The summed E-state index contributed by atoms with van der Waals surface area (Å²) < 4.78 is 0. The molecule has 0 aliphatic carbocycles. The highest BCUT2D eigenvalue weighted by Gasteiger charge is 2.20. The van der Waals surface area contributed by atoms with Crippen molar-refractivity contribution < 1.29 is 14.4 Å². The average molecular weight is 299 g/mol. The molecule has 0 aliphatic heterocycles. The summed E-state index contributed by atoms with van der Waals surface area (Å²) >= 11 is 0. The molecule has 6 nitrogen and oxygen atoms in total. The van der Waals surface area contributed by atoms with Gasteiger partial charge in [-0.05, 0) is 25.5 Å². The molecule has 1 aromatic heterocycles. The number of hydrogen-bond donors (Lipinski definition) is 2. The summed E-state index contributed by atoms with van der Waals surface area (Å²) in [4.78, 5) is 39.0. The topological polar surface area (TPSA) is 102 Å². The van der Waals surface area contributed by atoms with Gasteiger partial charge in [0.05, 0.1) is 11.1 Å². The lowest BCUT2D eigenvalue weighted by atomic mass is 10.1. The second-order valence-electron chi connectivity index (χ2n) is 5.04. The van der Waals surface area contributed by atoms with Crippen LogP contribution in [0.1, 0.15) is 30.1 Å². The number of carbonyl (C=O) groups excluding carboxylic acids is 3. The zero-order valence-corrected chi connectivity index (χ0v) is 12.2. The van der Waals surface area contributed by atoms with Crippen molar-refractivity contribution in [3.8, 4) is 0 Å². The minimum absolute atomic E-state index is 0.0603. The number of para-hydroxylation sites is 1. The van der Waals surface area contributed by atoms with Crippen molar-refractivity contribution in [3.05, 3.63) is 42.1 Å². The van der Waals surface area contributed by atoms with Crippen LogP contribution in [0, 0.1) is 0 Å². The smallest absolute Gasteiger partial charge is 0.252 e. The summed E-state index contributed by atoms with van der Waals surface area (Å²) in [5, 5.41) is 3.28. The predicted molar refractivity (Wildman–Crippen MR) is 82.1 cm³/mol. The van der Waals surface area contributed by atoms with E-state index in [1.165, 1.54) is 13.1 Å². The number of hydrogen-bond acceptors (Lipinski definition) is 4. The maximum atomic E-state index is 12.4. The van der Waals surface area contributed by atoms with Crippen molar-refractivity contribution in [1.29, 1.82) is 0 Å². The predicted octanol–water partition coefficient (Wildman–Crippen LogP) is 1.19. The lowest BCUT2D eigenvalue weighted by molar-refractivity contribution is -0.120. The van der Waals surface area contributed by atoms with Gasteiger partial charge in [-0.25, -0.2) is 0 Å². The molecule has 0 bridgehead atoms. The fraction of sp³-hybridized carbons (Fsp3) is 0.250. The summed E-state index contributed by atoms with van der Waals surface area (Å²) in [5.41, 5.74) is 6.39. The standard InChI is InChI=1S/C16H17N3O3/c1-10(20)6-7-14(15(17)21)19-16(22)12-8-9-18-13-5-3-2-4-11(12)13/h2-5,8-9,14H,6-7H2,1H3,(H2,17,21)(H,19,22)/t14-/m0/s1. The van der Waals surface area contributed by atoms with Crippen LogP contribution in [0.2, 0.25) is 0 Å². The first-order valence-electron chi connectivity index (χ1n) is 6.92. The van der Waals surface area contributed by atoms with E-state index < -0.39 is 17.9 Å². The molecule has 1 aromatic carbocycles. The van der Waals surface area contributed by atoms with E-state index in [0.29, 0.717) is 16.5 Å². The van der Waals surface area contributed by atoms with Gasteiger partial charge < -0.3 is 15.8 Å². The summed E-state index contributed by atoms with van der Waals surface area (Å²) in [6.45, 7) is 1.43. The Bertz CT molecular complexity index is 722. The maximum Gasteiger partial charge on any atom is 0.252 e. The number of nitrogens with one attached hydrogen (secondary N) is 1. The maximum absolute atomic E-state index is 12.4. The van der Waals surface area contributed by atoms with Gasteiger partial charge in [0.1, 0.15) is 11.8 Å². The monoisotopic (exact) mass is 299 g/mol. The van der Waals surface area contributed by atoms with Gasteiger partial charge in [-0.1, -0.05) is 18.2 Å². The molecule has 0 spiro atoms. The molecule has 0 radical (unpaired) electrons. The van der Waals surface area contributed by atoms with Gasteiger partial charge in [-0.2, -0.15) is 0 Å². The first kappa shape index (κ1) is 15.6. The molecule has 22 heavy (non-hydrogen) atoms. The van der Waals surface area contributed by atoms with Crippen molar-refractivity contribution in [3.63, 3.8) is 0 Å². The van der Waals surface area contributed by atoms with Crippen molar-refractivity contribution >= 4 is 28.5 Å². The fourth-order valence-electron chi connectivity index (χ4n) is 2.16. The number of carbonyl (C=O) groups is 3. The van der Waals surface area contributed by atoms with E-state index in [2.05, 4.69) is 10.3 Å². The number of pyridine rings is 1. The van der Waals surface area contributed by atoms with Crippen molar-refractivity contribution in [2.45, 2.75) is 25.8 Å². The van der Waals surface area contributed by atoms with Gasteiger partial charge in [0.2, 0.25) is 5.91 Å². The molecule has 0 fully saturated rings. The number of ketones is 1. The van der Waals surface area contributed by atoms with Crippen molar-refractivity contribution in [1.82, 2.24) is 10.3 Å². The Labute approximate surface area is 127 Å². The molecule has 6 heteroatoms. The van der Waals surface area contributed by atoms with Gasteiger partial charge in [-0.3, -0.25) is 14.6 Å². The van der Waals surface area contributed by atoms with Crippen LogP contribution in [0.15, 0.2) is 36.5 Å². The molecule has 114 valence electrons. The zero-order chi connectivity index (χ0) is 16.1. The van der Waals surface area contributed by atoms with E-state index in [-0.39, 0.29) is 18.6 Å². The minimum atomic E-state index is -0.872. The molecule has 2 amide bonds. The van der Waals surface area contributed by atoms with Crippen molar-refractivity contribution in [2.24, 2.45) is 5.73 Å². The largest absolute Gasteiger partial charge is 0.368 e. The lowest BCUT2D eigenvalue weighted by Gasteiger charge is -2.15. The Balaban J connectivity index is 2.22. The first-order chi connectivity index (χ1) is 10.5. The van der Waals surface area contributed by atoms with Crippen LogP contribution < -0.4 is 11.1 Å². The molecule has 2 rings (SSSR count). The highest BCUT2D eigenvalue weighted by molar-refractivity contribution is 6.07. The van der Waals surface area contributed by atoms with E-state index in [0.717, 1.165) is 0 Å². The Morgan fingerprint density at radius 3 is 2.64 bits per heavy atom. The van der Waals surface area contributed by atoms with E-state index in [1.54, 1.807) is 18.2 Å².